The fraction of sp³-hybridized carbons (Fsp3) is 0.571. The smallest absolute Gasteiger partial charge is 0.396 e. The molecular formula is C14H19BrF3NO2. The fourth-order valence-corrected chi connectivity index (χ4v) is 2.68. The van der Waals surface area contributed by atoms with Crippen LogP contribution in [0.1, 0.15) is 13.8 Å². The first-order chi connectivity index (χ1) is 9.57. The number of hydrogen-bond donors (Lipinski definition) is 2. The van der Waals surface area contributed by atoms with E-state index in [0.29, 0.717) is 15.6 Å². The normalized spacial score (nSPS) is 31.6. The number of nitrogens with two attached hydrogens (primary N) is 1. The number of aliphatic hydroxyl groups excluding tert-OH is 1. The average Bonchev–Trinajstić information content (AvgIpc) is 2.72. The summed E-state index contributed by atoms with van der Waals surface area (Å²) in [5.74, 6) is -1.28. The molecule has 0 bridgehead atoms. The van der Waals surface area contributed by atoms with E-state index >= 15 is 0 Å². The van der Waals surface area contributed by atoms with E-state index in [2.05, 4.69) is 22.5 Å². The van der Waals surface area contributed by atoms with Gasteiger partial charge < -0.3 is 15.6 Å². The second-order valence-corrected chi connectivity index (χ2v) is 6.03. The van der Waals surface area contributed by atoms with Crippen molar-refractivity contribution in [3.05, 3.63) is 34.4 Å². The van der Waals surface area contributed by atoms with Crippen LogP contribution in [0.25, 0.3) is 0 Å². The van der Waals surface area contributed by atoms with E-state index < -0.39 is 30.3 Å². The highest BCUT2D eigenvalue weighted by Gasteiger charge is 2.58. The highest BCUT2D eigenvalue weighted by atomic mass is 79.9. The minimum Gasteiger partial charge on any atom is -0.396 e. The minimum absolute atomic E-state index is 0.328. The molecule has 1 fully saturated rings. The van der Waals surface area contributed by atoms with Crippen molar-refractivity contribution >= 4 is 15.9 Å². The summed E-state index contributed by atoms with van der Waals surface area (Å²) in [4.78, 5) is 0. The number of rotatable bonds is 4. The van der Waals surface area contributed by atoms with Crippen molar-refractivity contribution in [3.63, 3.8) is 0 Å². The lowest BCUT2D eigenvalue weighted by Gasteiger charge is -2.33. The Bertz CT molecular complexity index is 473. The van der Waals surface area contributed by atoms with Gasteiger partial charge in [0, 0.05) is 10.4 Å². The van der Waals surface area contributed by atoms with Gasteiger partial charge in [0.1, 0.15) is 0 Å². The van der Waals surface area contributed by atoms with E-state index in [1.54, 1.807) is 26.0 Å². The Kier molecular flexibility index (Phi) is 5.83. The monoisotopic (exact) mass is 369 g/mol. The molecular weight excluding hydrogens is 351 g/mol. The molecule has 1 aliphatic heterocycles. The zero-order valence-electron chi connectivity index (χ0n) is 11.9. The lowest BCUT2D eigenvalue weighted by molar-refractivity contribution is -0.219. The molecule has 3 nitrogen and oxygen atoms in total. The Balaban J connectivity index is 3.30. The number of hydrogen-bond acceptors (Lipinski definition) is 3. The summed E-state index contributed by atoms with van der Waals surface area (Å²) >= 11 is 3.28. The van der Waals surface area contributed by atoms with Crippen LogP contribution in [-0.4, -0.2) is 36.1 Å². The van der Waals surface area contributed by atoms with Crippen molar-refractivity contribution in [2.75, 3.05) is 13.2 Å². The molecule has 120 valence electrons. The quantitative estimate of drug-likeness (QED) is 0.748. The molecule has 0 aromatic heterocycles. The SMILES string of the molecule is C=C(C)/C(=C\C(Br)=C/C)C1(N)COC(C(F)(F)F)C1CO. The van der Waals surface area contributed by atoms with Crippen molar-refractivity contribution in [2.24, 2.45) is 11.7 Å². The zero-order chi connectivity index (χ0) is 16.4. The summed E-state index contributed by atoms with van der Waals surface area (Å²) < 4.78 is 44.5. The van der Waals surface area contributed by atoms with Crippen LogP contribution in [0.3, 0.4) is 0 Å². The molecule has 21 heavy (non-hydrogen) atoms. The lowest BCUT2D eigenvalue weighted by Crippen LogP contribution is -2.53. The standard InChI is InChI=1S/C14H19BrF3NO2/c1-4-9(15)5-10(8(2)3)13(19)7-21-12(11(13)6-20)14(16,17)18/h4-5,11-12,20H,2,6-7,19H2,1,3H3/b9-4+,10-5+. The number of allylic oxidation sites excluding steroid dienone is 3. The van der Waals surface area contributed by atoms with Gasteiger partial charge in [-0.1, -0.05) is 34.2 Å². The summed E-state index contributed by atoms with van der Waals surface area (Å²) in [7, 11) is 0. The fourth-order valence-electron chi connectivity index (χ4n) is 2.46. The number of aliphatic hydroxyl groups is 1. The van der Waals surface area contributed by atoms with Crippen molar-refractivity contribution in [2.45, 2.75) is 31.7 Å². The topological polar surface area (TPSA) is 55.5 Å². The van der Waals surface area contributed by atoms with Crippen LogP contribution in [0.5, 0.6) is 0 Å². The van der Waals surface area contributed by atoms with E-state index in [-0.39, 0.29) is 6.61 Å². The first-order valence-corrected chi connectivity index (χ1v) is 7.15. The molecule has 3 atom stereocenters. The summed E-state index contributed by atoms with van der Waals surface area (Å²) in [6.45, 7) is 6.15. The zero-order valence-corrected chi connectivity index (χ0v) is 13.5. The Labute approximate surface area is 130 Å². The third-order valence-corrected chi connectivity index (χ3v) is 4.25. The molecule has 3 unspecified atom stereocenters. The second kappa shape index (κ2) is 6.64. The molecule has 0 aromatic carbocycles. The Morgan fingerprint density at radius 1 is 1.57 bits per heavy atom. The largest absolute Gasteiger partial charge is 0.415 e. The van der Waals surface area contributed by atoms with Crippen LogP contribution < -0.4 is 5.73 Å². The third kappa shape index (κ3) is 3.77. The van der Waals surface area contributed by atoms with Gasteiger partial charge >= 0.3 is 6.18 Å². The van der Waals surface area contributed by atoms with Gasteiger partial charge in [0.05, 0.1) is 18.8 Å². The van der Waals surface area contributed by atoms with Gasteiger partial charge in [0.15, 0.2) is 6.10 Å². The first-order valence-electron chi connectivity index (χ1n) is 6.35. The Hall–Kier alpha value is -0.630. The van der Waals surface area contributed by atoms with E-state index in [9.17, 15) is 18.3 Å². The Morgan fingerprint density at radius 2 is 2.14 bits per heavy atom. The first kappa shape index (κ1) is 18.4. The van der Waals surface area contributed by atoms with E-state index in [1.165, 1.54) is 0 Å². The van der Waals surface area contributed by atoms with Gasteiger partial charge in [-0.05, 0) is 25.5 Å². The molecule has 1 aliphatic rings. The predicted octanol–water partition coefficient (Wildman–Crippen LogP) is 3.05. The molecule has 7 heteroatoms. The molecule has 1 rings (SSSR count). The van der Waals surface area contributed by atoms with Crippen LogP contribution in [-0.2, 0) is 4.74 Å². The van der Waals surface area contributed by atoms with Gasteiger partial charge in [0.2, 0.25) is 0 Å². The van der Waals surface area contributed by atoms with Crippen molar-refractivity contribution < 1.29 is 23.0 Å². The van der Waals surface area contributed by atoms with Crippen LogP contribution in [0.15, 0.2) is 34.4 Å². The number of ether oxygens (including phenoxy) is 1. The lowest BCUT2D eigenvalue weighted by atomic mass is 9.76. The summed E-state index contributed by atoms with van der Waals surface area (Å²) in [6, 6.07) is 0. The van der Waals surface area contributed by atoms with Crippen LogP contribution in [0, 0.1) is 5.92 Å². The summed E-state index contributed by atoms with van der Waals surface area (Å²) in [5, 5.41) is 9.41. The highest BCUT2D eigenvalue weighted by molar-refractivity contribution is 9.11. The molecule has 0 amide bonds. The van der Waals surface area contributed by atoms with Crippen molar-refractivity contribution in [1.29, 1.82) is 0 Å². The maximum Gasteiger partial charge on any atom is 0.415 e. The predicted molar refractivity (Wildman–Crippen MR) is 78.9 cm³/mol. The van der Waals surface area contributed by atoms with E-state index in [4.69, 9.17) is 10.5 Å². The Morgan fingerprint density at radius 3 is 2.52 bits per heavy atom. The van der Waals surface area contributed by atoms with Gasteiger partial charge in [-0.2, -0.15) is 13.2 Å². The molecule has 0 aromatic rings. The van der Waals surface area contributed by atoms with Crippen LogP contribution >= 0.6 is 15.9 Å². The number of alkyl halides is 3. The van der Waals surface area contributed by atoms with E-state index in [1.807, 2.05) is 0 Å². The molecule has 0 aliphatic carbocycles. The second-order valence-electron chi connectivity index (χ2n) is 5.11. The maximum absolute atomic E-state index is 13.0. The molecule has 1 saturated heterocycles. The van der Waals surface area contributed by atoms with Crippen LogP contribution in [0.4, 0.5) is 13.2 Å². The third-order valence-electron chi connectivity index (χ3n) is 3.57. The molecule has 0 spiro atoms. The van der Waals surface area contributed by atoms with Gasteiger partial charge in [-0.15, -0.1) is 0 Å². The van der Waals surface area contributed by atoms with Crippen molar-refractivity contribution in [3.8, 4) is 0 Å². The molecule has 0 radical (unpaired) electrons. The van der Waals surface area contributed by atoms with Gasteiger partial charge in [0.25, 0.3) is 0 Å². The molecule has 0 saturated carbocycles. The molecule has 1 heterocycles. The minimum atomic E-state index is -4.58. The van der Waals surface area contributed by atoms with Gasteiger partial charge in [-0.3, -0.25) is 0 Å². The molecule has 3 N–H and O–H groups in total. The number of halogens is 4. The van der Waals surface area contributed by atoms with Crippen molar-refractivity contribution in [1.82, 2.24) is 0 Å². The van der Waals surface area contributed by atoms with Crippen LogP contribution in [0.2, 0.25) is 0 Å². The summed E-state index contributed by atoms with van der Waals surface area (Å²) in [6.07, 6.45) is -3.31. The van der Waals surface area contributed by atoms with E-state index in [0.717, 1.165) is 0 Å². The van der Waals surface area contributed by atoms with Gasteiger partial charge in [-0.25, -0.2) is 0 Å². The average molecular weight is 370 g/mol. The summed E-state index contributed by atoms with van der Waals surface area (Å²) in [5.41, 5.74) is 5.70. The maximum atomic E-state index is 13.0. The highest BCUT2D eigenvalue weighted by Crippen LogP contribution is 2.43.